The molecule has 1 saturated carbocycles. The largest absolute Gasteiger partial charge is 0.452 e. The van der Waals surface area contributed by atoms with Gasteiger partial charge < -0.3 is 9.64 Å². The Morgan fingerprint density at radius 2 is 1.81 bits per heavy atom. The Labute approximate surface area is 155 Å². The number of rotatable bonds is 5. The van der Waals surface area contributed by atoms with Crippen LogP contribution in [0.2, 0.25) is 0 Å². The highest BCUT2D eigenvalue weighted by molar-refractivity contribution is 7.90. The maximum absolute atomic E-state index is 12.3. The van der Waals surface area contributed by atoms with E-state index in [4.69, 9.17) is 4.74 Å². The molecule has 0 N–H and O–H groups in total. The number of likely N-dealkylation sites (N-methyl/N-ethyl adjacent to an activating group) is 1. The van der Waals surface area contributed by atoms with E-state index in [1.54, 1.807) is 24.9 Å². The summed E-state index contributed by atoms with van der Waals surface area (Å²) in [5.74, 6) is -0.237. The Morgan fingerprint density at radius 1 is 1.19 bits per heavy atom. The third kappa shape index (κ3) is 5.06. The molecule has 0 radical (unpaired) electrons. The maximum atomic E-state index is 12.3. The van der Waals surface area contributed by atoms with Crippen molar-refractivity contribution in [1.29, 1.82) is 0 Å². The van der Waals surface area contributed by atoms with Gasteiger partial charge in [0.2, 0.25) is 0 Å². The second-order valence-electron chi connectivity index (χ2n) is 7.24. The van der Waals surface area contributed by atoms with Gasteiger partial charge in [0.05, 0.1) is 10.5 Å². The van der Waals surface area contributed by atoms with Gasteiger partial charge in [-0.25, -0.2) is 13.2 Å². The van der Waals surface area contributed by atoms with Crippen LogP contribution in [0.1, 0.15) is 48.5 Å². The molecule has 2 rings (SSSR count). The van der Waals surface area contributed by atoms with Crippen molar-refractivity contribution in [2.24, 2.45) is 5.92 Å². The number of carbonyl (C=O) groups excluding carboxylic acids is 2. The molecular weight excluding hydrogens is 354 g/mol. The minimum Gasteiger partial charge on any atom is -0.452 e. The van der Waals surface area contributed by atoms with Gasteiger partial charge in [-0.05, 0) is 56.2 Å². The molecule has 1 aliphatic rings. The third-order valence-corrected chi connectivity index (χ3v) is 6.22. The predicted molar refractivity (Wildman–Crippen MR) is 98.8 cm³/mol. The van der Waals surface area contributed by atoms with E-state index in [-0.39, 0.29) is 29.0 Å². The second kappa shape index (κ2) is 8.20. The maximum Gasteiger partial charge on any atom is 0.338 e. The molecule has 0 spiro atoms. The minimum absolute atomic E-state index is 0.0508. The molecule has 7 heteroatoms. The summed E-state index contributed by atoms with van der Waals surface area (Å²) in [7, 11) is -1.68. The zero-order valence-electron chi connectivity index (χ0n) is 15.8. The van der Waals surface area contributed by atoms with Gasteiger partial charge in [-0.2, -0.15) is 0 Å². The monoisotopic (exact) mass is 381 g/mol. The summed E-state index contributed by atoms with van der Waals surface area (Å²) in [6, 6.07) is 4.49. The number of sulfone groups is 1. The smallest absolute Gasteiger partial charge is 0.338 e. The van der Waals surface area contributed by atoms with E-state index in [2.05, 4.69) is 6.92 Å². The van der Waals surface area contributed by atoms with E-state index < -0.39 is 15.8 Å². The van der Waals surface area contributed by atoms with E-state index in [1.165, 1.54) is 12.1 Å². The van der Waals surface area contributed by atoms with Crippen molar-refractivity contribution < 1.29 is 22.7 Å². The average molecular weight is 381 g/mol. The summed E-state index contributed by atoms with van der Waals surface area (Å²) in [5, 5.41) is 0. The summed E-state index contributed by atoms with van der Waals surface area (Å²) in [4.78, 5) is 26.3. The van der Waals surface area contributed by atoms with Crippen LogP contribution in [0.15, 0.2) is 23.1 Å². The lowest BCUT2D eigenvalue weighted by Gasteiger charge is -2.33. The Bertz CT molecular complexity index is 779. The van der Waals surface area contributed by atoms with Crippen molar-refractivity contribution in [2.75, 3.05) is 19.9 Å². The van der Waals surface area contributed by atoms with Gasteiger partial charge in [0.1, 0.15) is 0 Å². The Balaban J connectivity index is 1.99. The highest BCUT2D eigenvalue weighted by Gasteiger charge is 2.25. The van der Waals surface area contributed by atoms with Crippen LogP contribution in [0.3, 0.4) is 0 Å². The molecular formula is C19H27NO5S. The molecule has 0 atom stereocenters. The first-order chi connectivity index (χ1) is 12.1. The van der Waals surface area contributed by atoms with E-state index in [0.29, 0.717) is 11.5 Å². The van der Waals surface area contributed by atoms with Crippen molar-refractivity contribution in [3.05, 3.63) is 29.3 Å². The van der Waals surface area contributed by atoms with E-state index in [9.17, 15) is 18.0 Å². The van der Waals surface area contributed by atoms with Crippen LogP contribution >= 0.6 is 0 Å². The van der Waals surface area contributed by atoms with Crippen molar-refractivity contribution >= 4 is 21.7 Å². The third-order valence-electron chi connectivity index (χ3n) is 5.11. The highest BCUT2D eigenvalue weighted by atomic mass is 32.2. The van der Waals surface area contributed by atoms with Crippen LogP contribution in [0.4, 0.5) is 0 Å². The number of aryl methyl sites for hydroxylation is 1. The first-order valence-electron chi connectivity index (χ1n) is 8.83. The van der Waals surface area contributed by atoms with Crippen LogP contribution in [0, 0.1) is 12.8 Å². The van der Waals surface area contributed by atoms with Crippen LogP contribution in [0.5, 0.6) is 0 Å². The van der Waals surface area contributed by atoms with Gasteiger partial charge in [0.15, 0.2) is 16.4 Å². The lowest BCUT2D eigenvalue weighted by Crippen LogP contribution is -2.41. The van der Waals surface area contributed by atoms with Crippen molar-refractivity contribution in [3.63, 3.8) is 0 Å². The summed E-state index contributed by atoms with van der Waals surface area (Å²) < 4.78 is 28.5. The summed E-state index contributed by atoms with van der Waals surface area (Å²) in [6.07, 6.45) is 5.20. The zero-order chi connectivity index (χ0) is 19.5. The molecule has 1 fully saturated rings. The normalized spacial score (nSPS) is 20.5. The number of ether oxygens (including phenoxy) is 1. The second-order valence-corrected chi connectivity index (χ2v) is 9.26. The summed E-state index contributed by atoms with van der Waals surface area (Å²) >= 11 is 0. The van der Waals surface area contributed by atoms with Gasteiger partial charge in [0, 0.05) is 19.3 Å². The first kappa shape index (κ1) is 20.4. The molecule has 1 amide bonds. The lowest BCUT2D eigenvalue weighted by atomic mass is 9.87. The van der Waals surface area contributed by atoms with Crippen LogP contribution < -0.4 is 0 Å². The van der Waals surface area contributed by atoms with Crippen LogP contribution in [0.25, 0.3) is 0 Å². The van der Waals surface area contributed by atoms with Gasteiger partial charge in [0.25, 0.3) is 5.91 Å². The molecule has 1 aromatic rings. The number of benzene rings is 1. The van der Waals surface area contributed by atoms with E-state index in [1.807, 2.05) is 0 Å². The number of hydrogen-bond acceptors (Lipinski definition) is 5. The number of amides is 1. The molecule has 0 heterocycles. The molecule has 6 nitrogen and oxygen atoms in total. The molecule has 0 saturated heterocycles. The van der Waals surface area contributed by atoms with Crippen molar-refractivity contribution in [2.45, 2.75) is 50.5 Å². The van der Waals surface area contributed by atoms with Gasteiger partial charge >= 0.3 is 5.97 Å². The molecule has 26 heavy (non-hydrogen) atoms. The topological polar surface area (TPSA) is 80.7 Å². The van der Waals surface area contributed by atoms with Gasteiger partial charge in [-0.15, -0.1) is 0 Å². The minimum atomic E-state index is -3.42. The molecule has 1 aromatic carbocycles. The number of hydrogen-bond donors (Lipinski definition) is 0. The standard InChI is InChI=1S/C19H27NO5S/c1-13-5-8-15(9-6-13)20(3)18(21)12-25-19(22)17-11-16(26(4,23)24)10-7-14(17)2/h7,10-11,13,15H,5-6,8-9,12H2,1-4H3. The number of carbonyl (C=O) groups is 2. The molecule has 0 aliphatic heterocycles. The van der Waals surface area contributed by atoms with Gasteiger partial charge in [-0.3, -0.25) is 4.79 Å². The Morgan fingerprint density at radius 3 is 2.38 bits per heavy atom. The average Bonchev–Trinajstić information content (AvgIpc) is 2.58. The Hall–Kier alpha value is -1.89. The van der Waals surface area contributed by atoms with Crippen LogP contribution in [-0.2, 0) is 19.4 Å². The lowest BCUT2D eigenvalue weighted by molar-refractivity contribution is -0.136. The molecule has 1 aliphatic carbocycles. The molecule has 0 aromatic heterocycles. The number of nitrogens with zero attached hydrogens (tertiary/aromatic N) is 1. The fourth-order valence-corrected chi connectivity index (χ4v) is 3.84. The predicted octanol–water partition coefficient (Wildman–Crippen LogP) is 2.59. The fourth-order valence-electron chi connectivity index (χ4n) is 3.19. The fraction of sp³-hybridized carbons (Fsp3) is 0.579. The van der Waals surface area contributed by atoms with E-state index in [0.717, 1.165) is 31.9 Å². The van der Waals surface area contributed by atoms with Crippen molar-refractivity contribution in [3.8, 4) is 0 Å². The number of esters is 1. The van der Waals surface area contributed by atoms with Crippen LogP contribution in [-0.4, -0.2) is 51.1 Å². The van der Waals surface area contributed by atoms with Crippen molar-refractivity contribution in [1.82, 2.24) is 4.90 Å². The molecule has 0 bridgehead atoms. The van der Waals surface area contributed by atoms with Gasteiger partial charge in [-0.1, -0.05) is 13.0 Å². The summed E-state index contributed by atoms with van der Waals surface area (Å²) in [6.45, 7) is 3.57. The molecule has 144 valence electrons. The highest BCUT2D eigenvalue weighted by Crippen LogP contribution is 2.26. The molecule has 0 unspecified atom stereocenters. The SMILES string of the molecule is Cc1ccc(S(C)(=O)=O)cc1C(=O)OCC(=O)N(C)C1CCC(C)CC1. The first-order valence-corrected chi connectivity index (χ1v) is 10.7. The zero-order valence-corrected chi connectivity index (χ0v) is 16.6. The summed E-state index contributed by atoms with van der Waals surface area (Å²) in [5.41, 5.74) is 0.763. The quantitative estimate of drug-likeness (QED) is 0.733. The Kier molecular flexibility index (Phi) is 6.44. The van der Waals surface area contributed by atoms with E-state index >= 15 is 0 Å².